The maximum atomic E-state index is 12.3. The summed E-state index contributed by atoms with van der Waals surface area (Å²) in [5.41, 5.74) is 0.551. The zero-order valence-electron chi connectivity index (χ0n) is 15.9. The molecule has 1 saturated heterocycles. The highest BCUT2D eigenvalue weighted by molar-refractivity contribution is 5.89. The Balaban J connectivity index is 1.96. The van der Waals surface area contributed by atoms with Crippen LogP contribution in [-0.2, 0) is 25.6 Å². The van der Waals surface area contributed by atoms with Gasteiger partial charge in [0.05, 0.1) is 31.9 Å². The van der Waals surface area contributed by atoms with Crippen LogP contribution in [0, 0.1) is 0 Å². The fourth-order valence-electron chi connectivity index (χ4n) is 2.74. The largest absolute Gasteiger partial charge is 0.480 e. The topological polar surface area (TPSA) is 102 Å². The van der Waals surface area contributed by atoms with E-state index in [1.165, 1.54) is 12.0 Å². The molecule has 1 fully saturated rings. The molecule has 148 valence electrons. The number of aliphatic carboxylic acids is 1. The molecule has 1 N–H and O–H groups in total. The van der Waals surface area contributed by atoms with Gasteiger partial charge in [-0.25, -0.2) is 14.4 Å². The summed E-state index contributed by atoms with van der Waals surface area (Å²) in [4.78, 5) is 36.4. The number of ether oxygens (including phenoxy) is 3. The van der Waals surface area contributed by atoms with Crippen LogP contribution in [0.5, 0.6) is 0 Å². The van der Waals surface area contributed by atoms with Crippen molar-refractivity contribution in [2.75, 3.05) is 13.7 Å². The lowest BCUT2D eigenvalue weighted by atomic mass is 10.1. The van der Waals surface area contributed by atoms with Crippen LogP contribution in [0.15, 0.2) is 24.3 Å². The van der Waals surface area contributed by atoms with E-state index in [4.69, 9.17) is 9.47 Å². The predicted molar refractivity (Wildman–Crippen MR) is 95.3 cm³/mol. The Morgan fingerprint density at radius 3 is 2.33 bits per heavy atom. The Hall–Kier alpha value is -2.61. The second-order valence-electron chi connectivity index (χ2n) is 7.34. The highest BCUT2D eigenvalue weighted by Crippen LogP contribution is 2.24. The van der Waals surface area contributed by atoms with E-state index >= 15 is 0 Å². The van der Waals surface area contributed by atoms with Gasteiger partial charge in [0, 0.05) is 6.42 Å². The van der Waals surface area contributed by atoms with E-state index in [-0.39, 0.29) is 19.6 Å². The van der Waals surface area contributed by atoms with Crippen molar-refractivity contribution in [3.05, 3.63) is 35.4 Å². The molecule has 8 nitrogen and oxygen atoms in total. The molecule has 0 saturated carbocycles. The van der Waals surface area contributed by atoms with Gasteiger partial charge in [0.1, 0.15) is 11.6 Å². The molecular formula is C19H25NO7. The number of hydrogen-bond donors (Lipinski definition) is 1. The van der Waals surface area contributed by atoms with Crippen molar-refractivity contribution >= 4 is 18.0 Å². The number of carbonyl (C=O) groups is 3. The predicted octanol–water partition coefficient (Wildman–Crippen LogP) is 2.45. The maximum absolute atomic E-state index is 12.3. The maximum Gasteiger partial charge on any atom is 0.411 e. The first-order valence-electron chi connectivity index (χ1n) is 8.62. The number of nitrogens with zero attached hydrogens (tertiary/aromatic N) is 1. The number of methoxy groups -OCH3 is 1. The molecule has 1 aliphatic rings. The number of carbonyl (C=O) groups excluding carboxylic acids is 2. The van der Waals surface area contributed by atoms with E-state index in [0.717, 1.165) is 5.56 Å². The summed E-state index contributed by atoms with van der Waals surface area (Å²) in [6.07, 6.45) is -0.892. The van der Waals surface area contributed by atoms with Crippen LogP contribution in [-0.4, -0.2) is 59.4 Å². The zero-order chi connectivity index (χ0) is 20.2. The fourth-order valence-corrected chi connectivity index (χ4v) is 2.74. The molecule has 0 radical (unpaired) electrons. The van der Waals surface area contributed by atoms with Crippen LogP contribution in [0.25, 0.3) is 0 Å². The van der Waals surface area contributed by atoms with Gasteiger partial charge in [0.2, 0.25) is 0 Å². The molecule has 1 aliphatic heterocycles. The molecule has 0 aromatic heterocycles. The van der Waals surface area contributed by atoms with Gasteiger partial charge in [-0.2, -0.15) is 0 Å². The summed E-state index contributed by atoms with van der Waals surface area (Å²) in [6, 6.07) is 5.76. The van der Waals surface area contributed by atoms with E-state index in [0.29, 0.717) is 5.56 Å². The summed E-state index contributed by atoms with van der Waals surface area (Å²) < 4.78 is 15.7. The zero-order valence-corrected chi connectivity index (χ0v) is 15.9. The molecule has 1 aromatic carbocycles. The van der Waals surface area contributed by atoms with Gasteiger partial charge in [-0.1, -0.05) is 12.1 Å². The second-order valence-corrected chi connectivity index (χ2v) is 7.34. The standard InChI is InChI=1S/C19H25NO7/c1-19(2,3)27-18(24)20-10-14(9-15(20)16(21)22)26-11-12-5-7-13(8-6-12)17(23)25-4/h5-8,14-15H,9-11H2,1-4H3,(H,21,22)/t14?,15-/m0/s1. The van der Waals surface area contributed by atoms with E-state index in [1.54, 1.807) is 45.0 Å². The Morgan fingerprint density at radius 2 is 1.81 bits per heavy atom. The molecular weight excluding hydrogens is 354 g/mol. The first-order chi connectivity index (χ1) is 12.6. The third kappa shape index (κ3) is 5.68. The van der Waals surface area contributed by atoms with Gasteiger partial charge in [0.15, 0.2) is 0 Å². The molecule has 2 atom stereocenters. The Bertz CT molecular complexity index is 693. The SMILES string of the molecule is COC(=O)c1ccc(COC2C[C@@H](C(=O)O)N(C(=O)OC(C)(C)C)C2)cc1. The molecule has 1 aromatic rings. The molecule has 27 heavy (non-hydrogen) atoms. The Labute approximate surface area is 158 Å². The van der Waals surface area contributed by atoms with Gasteiger partial charge in [-0.05, 0) is 38.5 Å². The fraction of sp³-hybridized carbons (Fsp3) is 0.526. The molecule has 1 heterocycles. The number of carboxylic acids is 1. The van der Waals surface area contributed by atoms with Gasteiger partial charge in [-0.3, -0.25) is 4.90 Å². The number of carboxylic acid groups (broad SMARTS) is 1. The molecule has 0 aliphatic carbocycles. The van der Waals surface area contributed by atoms with Crippen molar-refractivity contribution in [2.24, 2.45) is 0 Å². The van der Waals surface area contributed by atoms with Crippen LogP contribution in [0.1, 0.15) is 43.1 Å². The number of esters is 1. The summed E-state index contributed by atoms with van der Waals surface area (Å²) in [5, 5.41) is 9.39. The third-order valence-corrected chi connectivity index (χ3v) is 4.04. The van der Waals surface area contributed by atoms with Crippen molar-refractivity contribution in [1.29, 1.82) is 0 Å². The number of amides is 1. The average Bonchev–Trinajstić information content (AvgIpc) is 3.03. The number of benzene rings is 1. The van der Waals surface area contributed by atoms with Gasteiger partial charge >= 0.3 is 18.0 Å². The normalized spacial score (nSPS) is 19.6. The highest BCUT2D eigenvalue weighted by Gasteiger charge is 2.42. The van der Waals surface area contributed by atoms with Crippen LogP contribution in [0.4, 0.5) is 4.79 Å². The highest BCUT2D eigenvalue weighted by atomic mass is 16.6. The van der Waals surface area contributed by atoms with Crippen molar-refractivity contribution in [2.45, 2.75) is 51.5 Å². The van der Waals surface area contributed by atoms with Gasteiger partial charge in [0.25, 0.3) is 0 Å². The molecule has 1 amide bonds. The summed E-state index contributed by atoms with van der Waals surface area (Å²) in [5.74, 6) is -1.51. The monoisotopic (exact) mass is 379 g/mol. The lowest BCUT2D eigenvalue weighted by Crippen LogP contribution is -2.43. The van der Waals surface area contributed by atoms with Crippen molar-refractivity contribution in [1.82, 2.24) is 4.90 Å². The Kier molecular flexibility index (Phi) is 6.43. The minimum atomic E-state index is -1.09. The molecule has 8 heteroatoms. The summed E-state index contributed by atoms with van der Waals surface area (Å²) in [7, 11) is 1.31. The minimum Gasteiger partial charge on any atom is -0.480 e. The lowest BCUT2D eigenvalue weighted by Gasteiger charge is -2.26. The van der Waals surface area contributed by atoms with E-state index < -0.39 is 35.8 Å². The lowest BCUT2D eigenvalue weighted by molar-refractivity contribution is -0.142. The summed E-state index contributed by atoms with van der Waals surface area (Å²) >= 11 is 0. The van der Waals surface area contributed by atoms with Crippen LogP contribution in [0.3, 0.4) is 0 Å². The Morgan fingerprint density at radius 1 is 1.19 bits per heavy atom. The second kappa shape index (κ2) is 8.39. The van der Waals surface area contributed by atoms with Gasteiger partial charge in [-0.15, -0.1) is 0 Å². The van der Waals surface area contributed by atoms with E-state index in [1.807, 2.05) is 0 Å². The quantitative estimate of drug-likeness (QED) is 0.784. The number of likely N-dealkylation sites (tertiary alicyclic amines) is 1. The molecule has 1 unspecified atom stereocenters. The minimum absolute atomic E-state index is 0.145. The van der Waals surface area contributed by atoms with E-state index in [2.05, 4.69) is 4.74 Å². The van der Waals surface area contributed by atoms with Crippen molar-refractivity contribution in [3.63, 3.8) is 0 Å². The van der Waals surface area contributed by atoms with E-state index in [9.17, 15) is 19.5 Å². The van der Waals surface area contributed by atoms with Crippen LogP contribution >= 0.6 is 0 Å². The van der Waals surface area contributed by atoms with Crippen molar-refractivity contribution in [3.8, 4) is 0 Å². The van der Waals surface area contributed by atoms with Crippen LogP contribution < -0.4 is 0 Å². The smallest absolute Gasteiger partial charge is 0.411 e. The number of rotatable bonds is 5. The first-order valence-corrected chi connectivity index (χ1v) is 8.62. The summed E-state index contributed by atoms with van der Waals surface area (Å²) in [6.45, 7) is 5.56. The molecule has 0 bridgehead atoms. The third-order valence-electron chi connectivity index (χ3n) is 4.04. The van der Waals surface area contributed by atoms with Gasteiger partial charge < -0.3 is 19.3 Å². The van der Waals surface area contributed by atoms with Crippen molar-refractivity contribution < 1.29 is 33.7 Å². The first kappa shape index (κ1) is 20.7. The number of hydrogen-bond acceptors (Lipinski definition) is 6. The molecule has 2 rings (SSSR count). The van der Waals surface area contributed by atoms with Crippen LogP contribution in [0.2, 0.25) is 0 Å². The molecule has 0 spiro atoms. The average molecular weight is 379 g/mol.